The summed E-state index contributed by atoms with van der Waals surface area (Å²) in [4.78, 5) is 20.1. The lowest BCUT2D eigenvalue weighted by Crippen LogP contribution is -2.08. The van der Waals surface area contributed by atoms with Crippen LogP contribution in [-0.4, -0.2) is 21.4 Å². The molecule has 0 spiro atoms. The maximum Gasteiger partial charge on any atom is 0.280 e. The summed E-state index contributed by atoms with van der Waals surface area (Å²) in [5, 5.41) is 16.3. The number of anilines is 1. The highest BCUT2D eigenvalue weighted by atomic mass is 16.6. The third-order valence-corrected chi connectivity index (χ3v) is 4.29. The first-order valence-corrected chi connectivity index (χ1v) is 8.33. The maximum atomic E-state index is 11.5. The van der Waals surface area contributed by atoms with Gasteiger partial charge in [-0.1, -0.05) is 30.3 Å². The fraction of sp³-hybridized carbons (Fsp3) is 0.100. The van der Waals surface area contributed by atoms with Crippen LogP contribution in [0, 0.1) is 10.1 Å². The van der Waals surface area contributed by atoms with E-state index >= 15 is 0 Å². The van der Waals surface area contributed by atoms with Gasteiger partial charge in [-0.25, -0.2) is 4.98 Å². The monoisotopic (exact) mass is 344 g/mol. The fourth-order valence-corrected chi connectivity index (χ4v) is 3.12. The van der Waals surface area contributed by atoms with Crippen molar-refractivity contribution in [3.8, 4) is 0 Å². The zero-order chi connectivity index (χ0) is 17.9. The molecule has 6 nitrogen and oxygen atoms in total. The SMILES string of the molecule is O=[N+]([O-])c1cccc2nc3ccccc3c(NCCc3ccccn3)c12. The van der Waals surface area contributed by atoms with Crippen LogP contribution in [0.15, 0.2) is 66.9 Å². The van der Waals surface area contributed by atoms with Crippen molar-refractivity contribution in [2.75, 3.05) is 11.9 Å². The second kappa shape index (κ2) is 6.76. The summed E-state index contributed by atoms with van der Waals surface area (Å²) in [7, 11) is 0. The molecule has 2 heterocycles. The van der Waals surface area contributed by atoms with Crippen LogP contribution in [0.5, 0.6) is 0 Å². The lowest BCUT2D eigenvalue weighted by atomic mass is 10.1. The number of benzene rings is 2. The summed E-state index contributed by atoms with van der Waals surface area (Å²) in [5.74, 6) is 0. The van der Waals surface area contributed by atoms with Crippen LogP contribution in [0.25, 0.3) is 21.8 Å². The number of nitro benzene ring substituents is 1. The van der Waals surface area contributed by atoms with Gasteiger partial charge in [0.2, 0.25) is 0 Å². The van der Waals surface area contributed by atoms with Gasteiger partial charge >= 0.3 is 0 Å². The van der Waals surface area contributed by atoms with E-state index in [1.807, 2.05) is 42.5 Å². The van der Waals surface area contributed by atoms with E-state index in [2.05, 4.69) is 15.3 Å². The van der Waals surface area contributed by atoms with Crippen molar-refractivity contribution in [2.45, 2.75) is 6.42 Å². The highest BCUT2D eigenvalue weighted by molar-refractivity contribution is 6.11. The third-order valence-electron chi connectivity index (χ3n) is 4.29. The molecule has 4 rings (SSSR count). The summed E-state index contributed by atoms with van der Waals surface area (Å²) in [6.45, 7) is 0.617. The zero-order valence-electron chi connectivity index (χ0n) is 13.9. The van der Waals surface area contributed by atoms with Crippen molar-refractivity contribution in [1.82, 2.24) is 9.97 Å². The Morgan fingerprint density at radius 1 is 0.962 bits per heavy atom. The molecule has 6 heteroatoms. The fourth-order valence-electron chi connectivity index (χ4n) is 3.12. The number of nitrogens with zero attached hydrogens (tertiary/aromatic N) is 3. The minimum atomic E-state index is -0.358. The Bertz CT molecular complexity index is 1100. The van der Waals surface area contributed by atoms with Crippen molar-refractivity contribution in [3.05, 3.63) is 82.7 Å². The number of aromatic nitrogens is 2. The van der Waals surface area contributed by atoms with Gasteiger partial charge in [-0.2, -0.15) is 0 Å². The van der Waals surface area contributed by atoms with Gasteiger partial charge in [0.25, 0.3) is 5.69 Å². The molecule has 0 saturated carbocycles. The van der Waals surface area contributed by atoms with Crippen LogP contribution in [0.2, 0.25) is 0 Å². The molecule has 1 N–H and O–H groups in total. The van der Waals surface area contributed by atoms with Gasteiger partial charge in [0.1, 0.15) is 5.39 Å². The quantitative estimate of drug-likeness (QED) is 0.331. The Labute approximate surface area is 149 Å². The van der Waals surface area contributed by atoms with Crippen LogP contribution >= 0.6 is 0 Å². The molecule has 0 radical (unpaired) electrons. The van der Waals surface area contributed by atoms with E-state index in [9.17, 15) is 10.1 Å². The first kappa shape index (κ1) is 16.0. The zero-order valence-corrected chi connectivity index (χ0v) is 13.9. The number of non-ortho nitro benzene ring substituents is 1. The molecule has 0 aliphatic rings. The van der Waals surface area contributed by atoms with Crippen LogP contribution in [-0.2, 0) is 6.42 Å². The van der Waals surface area contributed by atoms with Crippen molar-refractivity contribution >= 4 is 33.2 Å². The van der Waals surface area contributed by atoms with Crippen molar-refractivity contribution in [2.24, 2.45) is 0 Å². The standard InChI is InChI=1S/C20H16N4O2/c25-24(26)18-10-5-9-17-19(18)20(15-7-1-2-8-16(15)23-17)22-13-11-14-6-3-4-12-21-14/h1-10,12H,11,13H2,(H,22,23). The molecular formula is C20H16N4O2. The first-order valence-electron chi connectivity index (χ1n) is 8.33. The molecule has 0 saturated heterocycles. The van der Waals surface area contributed by atoms with Crippen LogP contribution in [0.3, 0.4) is 0 Å². The van der Waals surface area contributed by atoms with Crippen molar-refractivity contribution in [1.29, 1.82) is 0 Å². The van der Waals surface area contributed by atoms with E-state index in [1.54, 1.807) is 18.3 Å². The topological polar surface area (TPSA) is 81.0 Å². The Morgan fingerprint density at radius 2 is 1.77 bits per heavy atom. The highest BCUT2D eigenvalue weighted by Crippen LogP contribution is 2.36. The highest BCUT2D eigenvalue weighted by Gasteiger charge is 2.18. The second-order valence-electron chi connectivity index (χ2n) is 5.93. The predicted molar refractivity (Wildman–Crippen MR) is 102 cm³/mol. The Hall–Kier alpha value is -3.54. The average molecular weight is 344 g/mol. The summed E-state index contributed by atoms with van der Waals surface area (Å²) < 4.78 is 0. The summed E-state index contributed by atoms with van der Waals surface area (Å²) in [6.07, 6.45) is 2.48. The molecule has 4 aromatic rings. The number of para-hydroxylation sites is 1. The molecule has 0 atom stereocenters. The number of hydrogen-bond donors (Lipinski definition) is 1. The number of pyridine rings is 2. The van der Waals surface area contributed by atoms with Gasteiger partial charge in [0.05, 0.1) is 21.6 Å². The van der Waals surface area contributed by atoms with Crippen molar-refractivity contribution in [3.63, 3.8) is 0 Å². The molecule has 0 bridgehead atoms. The Kier molecular flexibility index (Phi) is 4.15. The molecule has 128 valence electrons. The van der Waals surface area contributed by atoms with E-state index in [1.165, 1.54) is 6.07 Å². The minimum absolute atomic E-state index is 0.0566. The van der Waals surface area contributed by atoms with Gasteiger partial charge < -0.3 is 5.32 Å². The van der Waals surface area contributed by atoms with Gasteiger partial charge in [0, 0.05) is 36.3 Å². The normalized spacial score (nSPS) is 10.9. The number of nitrogens with one attached hydrogen (secondary N) is 1. The number of nitro groups is 1. The molecule has 2 aromatic heterocycles. The summed E-state index contributed by atoms with van der Waals surface area (Å²) >= 11 is 0. The second-order valence-corrected chi connectivity index (χ2v) is 5.93. The molecule has 26 heavy (non-hydrogen) atoms. The van der Waals surface area contributed by atoms with Crippen LogP contribution in [0.4, 0.5) is 11.4 Å². The van der Waals surface area contributed by atoms with E-state index < -0.39 is 0 Å². The lowest BCUT2D eigenvalue weighted by molar-refractivity contribution is -0.383. The summed E-state index contributed by atoms with van der Waals surface area (Å²) in [6, 6.07) is 18.5. The predicted octanol–water partition coefficient (Wildman–Crippen LogP) is 4.35. The molecule has 2 aromatic carbocycles. The Morgan fingerprint density at radius 3 is 2.58 bits per heavy atom. The smallest absolute Gasteiger partial charge is 0.280 e. The minimum Gasteiger partial charge on any atom is -0.383 e. The number of fused-ring (bicyclic) bond motifs is 2. The summed E-state index contributed by atoms with van der Waals surface area (Å²) in [5.41, 5.74) is 3.19. The lowest BCUT2D eigenvalue weighted by Gasteiger charge is -2.13. The number of hydrogen-bond acceptors (Lipinski definition) is 5. The molecule has 0 unspecified atom stereocenters. The van der Waals surface area contributed by atoms with Gasteiger partial charge in [-0.05, 0) is 24.3 Å². The Balaban J connectivity index is 1.82. The molecule has 0 aliphatic heterocycles. The van der Waals surface area contributed by atoms with Crippen LogP contribution in [0.1, 0.15) is 5.69 Å². The maximum absolute atomic E-state index is 11.5. The van der Waals surface area contributed by atoms with Crippen molar-refractivity contribution < 1.29 is 4.92 Å². The van der Waals surface area contributed by atoms with E-state index in [-0.39, 0.29) is 10.6 Å². The van der Waals surface area contributed by atoms with Gasteiger partial charge in [0.15, 0.2) is 0 Å². The molecule has 0 aliphatic carbocycles. The average Bonchev–Trinajstić information content (AvgIpc) is 2.67. The first-order chi connectivity index (χ1) is 12.7. The van der Waals surface area contributed by atoms with Gasteiger partial charge in [-0.15, -0.1) is 0 Å². The van der Waals surface area contributed by atoms with Crippen LogP contribution < -0.4 is 5.32 Å². The van der Waals surface area contributed by atoms with Gasteiger partial charge in [-0.3, -0.25) is 15.1 Å². The number of rotatable bonds is 5. The molecule has 0 fully saturated rings. The van der Waals surface area contributed by atoms with E-state index in [0.717, 1.165) is 28.7 Å². The largest absolute Gasteiger partial charge is 0.383 e. The van der Waals surface area contributed by atoms with E-state index in [0.29, 0.717) is 17.4 Å². The molecular weight excluding hydrogens is 328 g/mol. The van der Waals surface area contributed by atoms with E-state index in [4.69, 9.17) is 0 Å². The third kappa shape index (κ3) is 2.93. The molecule has 0 amide bonds.